The third-order valence-electron chi connectivity index (χ3n) is 3.31. The van der Waals surface area contributed by atoms with Gasteiger partial charge in [-0.15, -0.1) is 0 Å². The fourth-order valence-corrected chi connectivity index (χ4v) is 2.42. The smallest absolute Gasteiger partial charge is 0.232 e. The van der Waals surface area contributed by atoms with Crippen LogP contribution >= 0.6 is 0 Å². The molecule has 0 aromatic heterocycles. The third kappa shape index (κ3) is 3.83. The fraction of sp³-hybridized carbons (Fsp3) is 0.500. The molecule has 1 N–H and O–H groups in total. The van der Waals surface area contributed by atoms with Crippen molar-refractivity contribution in [1.29, 1.82) is 0 Å². The highest BCUT2D eigenvalue weighted by Crippen LogP contribution is 2.19. The number of hydrogen-bond donors (Lipinski definition) is 1. The van der Waals surface area contributed by atoms with E-state index in [-0.39, 0.29) is 23.8 Å². The van der Waals surface area contributed by atoms with Crippen LogP contribution in [0.5, 0.6) is 0 Å². The lowest BCUT2D eigenvalue weighted by molar-refractivity contribution is -0.137. The van der Waals surface area contributed by atoms with E-state index in [2.05, 4.69) is 11.4 Å². The van der Waals surface area contributed by atoms with E-state index in [4.69, 9.17) is 0 Å². The standard InChI is InChI=1S/C16H22N2O2/c1-16(2,3)17-14(19)10-15(20)18-9-8-12-6-4-5-7-13(12)11-18/h4-7H,8-11H2,1-3H3,(H,17,19). The van der Waals surface area contributed by atoms with Gasteiger partial charge in [0.1, 0.15) is 6.42 Å². The van der Waals surface area contributed by atoms with E-state index in [9.17, 15) is 9.59 Å². The average Bonchev–Trinajstić information content (AvgIpc) is 2.35. The molecule has 4 nitrogen and oxygen atoms in total. The Bertz CT molecular complexity index is 517. The molecule has 2 amide bonds. The molecule has 0 saturated carbocycles. The third-order valence-corrected chi connectivity index (χ3v) is 3.31. The van der Waals surface area contributed by atoms with Crippen molar-refractivity contribution in [3.05, 3.63) is 35.4 Å². The first-order valence-electron chi connectivity index (χ1n) is 7.01. The summed E-state index contributed by atoms with van der Waals surface area (Å²) in [6.07, 6.45) is 0.794. The molecule has 1 aromatic rings. The van der Waals surface area contributed by atoms with Crippen molar-refractivity contribution < 1.29 is 9.59 Å². The minimum Gasteiger partial charge on any atom is -0.351 e. The fourth-order valence-electron chi connectivity index (χ4n) is 2.42. The molecule has 20 heavy (non-hydrogen) atoms. The Kier molecular flexibility index (Phi) is 4.12. The van der Waals surface area contributed by atoms with Gasteiger partial charge in [0.2, 0.25) is 11.8 Å². The van der Waals surface area contributed by atoms with E-state index in [1.165, 1.54) is 11.1 Å². The molecule has 0 fully saturated rings. The Morgan fingerprint density at radius 1 is 1.20 bits per heavy atom. The highest BCUT2D eigenvalue weighted by Gasteiger charge is 2.23. The van der Waals surface area contributed by atoms with E-state index < -0.39 is 0 Å². The first-order valence-corrected chi connectivity index (χ1v) is 7.01. The Morgan fingerprint density at radius 3 is 2.50 bits per heavy atom. The molecule has 1 aliphatic heterocycles. The summed E-state index contributed by atoms with van der Waals surface area (Å²) in [7, 11) is 0. The Morgan fingerprint density at radius 2 is 1.85 bits per heavy atom. The number of carbonyl (C=O) groups is 2. The van der Waals surface area contributed by atoms with Gasteiger partial charge in [-0.2, -0.15) is 0 Å². The van der Waals surface area contributed by atoms with Crippen molar-refractivity contribution in [2.24, 2.45) is 0 Å². The van der Waals surface area contributed by atoms with Crippen molar-refractivity contribution >= 4 is 11.8 Å². The topological polar surface area (TPSA) is 49.4 Å². The predicted octanol–water partition coefficient (Wildman–Crippen LogP) is 1.88. The number of nitrogens with one attached hydrogen (secondary N) is 1. The molecule has 0 radical (unpaired) electrons. The monoisotopic (exact) mass is 274 g/mol. The van der Waals surface area contributed by atoms with Crippen LogP contribution in [0.1, 0.15) is 38.3 Å². The lowest BCUT2D eigenvalue weighted by atomic mass is 9.99. The maximum atomic E-state index is 12.2. The van der Waals surface area contributed by atoms with Crippen LogP contribution in [0.2, 0.25) is 0 Å². The normalized spacial score (nSPS) is 14.7. The molecule has 1 aliphatic rings. The lowest BCUT2D eigenvalue weighted by Gasteiger charge is -2.29. The zero-order chi connectivity index (χ0) is 14.8. The van der Waals surface area contributed by atoms with Crippen LogP contribution in [0.3, 0.4) is 0 Å². The average molecular weight is 274 g/mol. The van der Waals surface area contributed by atoms with Crippen molar-refractivity contribution in [3.63, 3.8) is 0 Å². The maximum absolute atomic E-state index is 12.2. The van der Waals surface area contributed by atoms with Gasteiger partial charge in [-0.3, -0.25) is 9.59 Å². The SMILES string of the molecule is CC(C)(C)NC(=O)CC(=O)N1CCc2ccccc2C1. The van der Waals surface area contributed by atoms with E-state index in [1.807, 2.05) is 39.0 Å². The summed E-state index contributed by atoms with van der Waals surface area (Å²) in [5.74, 6) is -0.303. The summed E-state index contributed by atoms with van der Waals surface area (Å²) in [6.45, 7) is 7.03. The van der Waals surface area contributed by atoms with Gasteiger partial charge in [0.15, 0.2) is 0 Å². The molecule has 0 aliphatic carbocycles. The minimum atomic E-state index is -0.300. The predicted molar refractivity (Wildman–Crippen MR) is 78.1 cm³/mol. The van der Waals surface area contributed by atoms with Gasteiger partial charge >= 0.3 is 0 Å². The molecule has 1 aromatic carbocycles. The maximum Gasteiger partial charge on any atom is 0.232 e. The number of amides is 2. The van der Waals surface area contributed by atoms with Crippen molar-refractivity contribution in [2.75, 3.05) is 6.54 Å². The number of rotatable bonds is 2. The number of fused-ring (bicyclic) bond motifs is 1. The van der Waals surface area contributed by atoms with Gasteiger partial charge < -0.3 is 10.2 Å². The summed E-state index contributed by atoms with van der Waals surface area (Å²) in [5.41, 5.74) is 2.19. The quantitative estimate of drug-likeness (QED) is 0.837. The summed E-state index contributed by atoms with van der Waals surface area (Å²) in [6, 6.07) is 8.15. The number of benzene rings is 1. The minimum absolute atomic E-state index is 0.0700. The second kappa shape index (κ2) is 5.65. The Labute approximate surface area is 120 Å². The van der Waals surface area contributed by atoms with Gasteiger partial charge in [0, 0.05) is 18.6 Å². The largest absolute Gasteiger partial charge is 0.351 e. The van der Waals surface area contributed by atoms with Crippen LogP contribution in [0, 0.1) is 0 Å². The molecule has 0 atom stereocenters. The lowest BCUT2D eigenvalue weighted by Crippen LogP contribution is -2.44. The number of hydrogen-bond acceptors (Lipinski definition) is 2. The Balaban J connectivity index is 1.93. The van der Waals surface area contributed by atoms with Gasteiger partial charge in [-0.05, 0) is 38.3 Å². The van der Waals surface area contributed by atoms with Gasteiger partial charge in [0.25, 0.3) is 0 Å². The first-order chi connectivity index (χ1) is 9.35. The molecular formula is C16H22N2O2. The summed E-state index contributed by atoms with van der Waals surface area (Å²) in [5, 5.41) is 2.82. The van der Waals surface area contributed by atoms with Crippen LogP contribution < -0.4 is 5.32 Å². The molecule has 4 heteroatoms. The molecule has 0 spiro atoms. The molecule has 0 bridgehead atoms. The summed E-state index contributed by atoms with van der Waals surface area (Å²) in [4.78, 5) is 25.7. The van der Waals surface area contributed by atoms with Crippen LogP contribution in [-0.4, -0.2) is 28.8 Å². The van der Waals surface area contributed by atoms with E-state index in [0.717, 1.165) is 6.42 Å². The molecule has 1 heterocycles. The van der Waals surface area contributed by atoms with E-state index in [0.29, 0.717) is 13.1 Å². The zero-order valence-corrected chi connectivity index (χ0v) is 12.4. The second-order valence-corrected chi connectivity index (χ2v) is 6.31. The van der Waals surface area contributed by atoms with Crippen molar-refractivity contribution in [1.82, 2.24) is 10.2 Å². The van der Waals surface area contributed by atoms with Crippen LogP contribution in [0.25, 0.3) is 0 Å². The molecule has 108 valence electrons. The van der Waals surface area contributed by atoms with Crippen molar-refractivity contribution in [3.8, 4) is 0 Å². The first kappa shape index (κ1) is 14.6. The van der Waals surface area contributed by atoms with Gasteiger partial charge in [-0.1, -0.05) is 24.3 Å². The Hall–Kier alpha value is -1.84. The number of carbonyl (C=O) groups excluding carboxylic acids is 2. The van der Waals surface area contributed by atoms with Crippen LogP contribution in [0.15, 0.2) is 24.3 Å². The van der Waals surface area contributed by atoms with Crippen LogP contribution in [0.4, 0.5) is 0 Å². The highest BCUT2D eigenvalue weighted by molar-refractivity contribution is 5.97. The molecule has 2 rings (SSSR count). The molecule has 0 saturated heterocycles. The molecular weight excluding hydrogens is 252 g/mol. The second-order valence-electron chi connectivity index (χ2n) is 6.31. The highest BCUT2D eigenvalue weighted by atomic mass is 16.2. The number of nitrogens with zero attached hydrogens (tertiary/aromatic N) is 1. The van der Waals surface area contributed by atoms with E-state index in [1.54, 1.807) is 4.90 Å². The van der Waals surface area contributed by atoms with Gasteiger partial charge in [0.05, 0.1) is 0 Å². The van der Waals surface area contributed by atoms with E-state index >= 15 is 0 Å². The molecule has 0 unspecified atom stereocenters. The van der Waals surface area contributed by atoms with Gasteiger partial charge in [-0.25, -0.2) is 0 Å². The van der Waals surface area contributed by atoms with Crippen LogP contribution in [-0.2, 0) is 22.6 Å². The van der Waals surface area contributed by atoms with Crippen molar-refractivity contribution in [2.45, 2.75) is 45.7 Å². The zero-order valence-electron chi connectivity index (χ0n) is 12.4. The summed E-state index contributed by atoms with van der Waals surface area (Å²) < 4.78 is 0. The summed E-state index contributed by atoms with van der Waals surface area (Å²) >= 11 is 0.